The fourth-order valence-corrected chi connectivity index (χ4v) is 1.94. The zero-order valence-corrected chi connectivity index (χ0v) is 9.87. The van der Waals surface area contributed by atoms with E-state index in [0.29, 0.717) is 18.8 Å². The first-order chi connectivity index (χ1) is 7.26. The van der Waals surface area contributed by atoms with Crippen molar-refractivity contribution in [1.29, 1.82) is 0 Å². The number of ether oxygens (including phenoxy) is 2. The lowest BCUT2D eigenvalue weighted by Crippen LogP contribution is -2.08. The second-order valence-electron chi connectivity index (χ2n) is 4.21. The molecule has 3 nitrogen and oxygen atoms in total. The third kappa shape index (κ3) is 4.78. The molecule has 88 valence electrons. The second kappa shape index (κ2) is 6.99. The molecule has 0 aliphatic carbocycles. The molecule has 0 aromatic rings. The summed E-state index contributed by atoms with van der Waals surface area (Å²) in [6, 6.07) is 0. The van der Waals surface area contributed by atoms with Crippen molar-refractivity contribution < 1.29 is 9.47 Å². The van der Waals surface area contributed by atoms with E-state index in [4.69, 9.17) is 15.2 Å². The number of hydrogen-bond acceptors (Lipinski definition) is 3. The quantitative estimate of drug-likeness (QED) is 0.685. The normalized spacial score (nSPS) is 27.3. The first-order valence-electron chi connectivity index (χ1n) is 5.80. The van der Waals surface area contributed by atoms with E-state index < -0.39 is 0 Å². The average molecular weight is 213 g/mol. The van der Waals surface area contributed by atoms with E-state index in [0.717, 1.165) is 32.2 Å². The minimum atomic E-state index is 0.294. The summed E-state index contributed by atoms with van der Waals surface area (Å²) < 4.78 is 10.9. The fourth-order valence-electron chi connectivity index (χ4n) is 1.94. The van der Waals surface area contributed by atoms with Crippen LogP contribution in [0.3, 0.4) is 0 Å². The Bertz CT molecular complexity index is 204. The molecule has 2 unspecified atom stereocenters. The highest BCUT2D eigenvalue weighted by Crippen LogP contribution is 2.22. The summed E-state index contributed by atoms with van der Waals surface area (Å²) in [5.41, 5.74) is 6.83. The molecule has 1 fully saturated rings. The van der Waals surface area contributed by atoms with Crippen molar-refractivity contribution in [3.8, 4) is 0 Å². The van der Waals surface area contributed by atoms with Gasteiger partial charge < -0.3 is 15.2 Å². The predicted molar refractivity (Wildman–Crippen MR) is 61.8 cm³/mol. The van der Waals surface area contributed by atoms with Crippen LogP contribution in [0.2, 0.25) is 0 Å². The summed E-state index contributed by atoms with van der Waals surface area (Å²) >= 11 is 0. The molecule has 0 radical (unpaired) electrons. The number of methoxy groups -OCH3 is 1. The Labute approximate surface area is 92.6 Å². The molecule has 1 rings (SSSR count). The topological polar surface area (TPSA) is 44.5 Å². The zero-order valence-electron chi connectivity index (χ0n) is 9.87. The lowest BCUT2D eigenvalue weighted by atomic mass is 10.1. The fraction of sp³-hybridized carbons (Fsp3) is 0.833. The van der Waals surface area contributed by atoms with Crippen LogP contribution in [0.5, 0.6) is 0 Å². The number of rotatable bonds is 6. The van der Waals surface area contributed by atoms with E-state index in [9.17, 15) is 0 Å². The molecule has 3 heteroatoms. The maximum absolute atomic E-state index is 5.75. The molecule has 0 saturated carbocycles. The van der Waals surface area contributed by atoms with Crippen molar-refractivity contribution in [2.24, 2.45) is 5.73 Å². The Morgan fingerprint density at radius 2 is 2.33 bits per heavy atom. The predicted octanol–water partition coefficient (Wildman–Crippen LogP) is 1.87. The van der Waals surface area contributed by atoms with Gasteiger partial charge in [-0.1, -0.05) is 6.08 Å². The van der Waals surface area contributed by atoms with Gasteiger partial charge in [0.2, 0.25) is 0 Å². The van der Waals surface area contributed by atoms with Gasteiger partial charge in [0, 0.05) is 7.11 Å². The first kappa shape index (κ1) is 12.7. The van der Waals surface area contributed by atoms with Crippen molar-refractivity contribution in [2.75, 3.05) is 20.3 Å². The van der Waals surface area contributed by atoms with Gasteiger partial charge in [0.25, 0.3) is 0 Å². The molecule has 2 atom stereocenters. The van der Waals surface area contributed by atoms with Crippen molar-refractivity contribution in [2.45, 2.75) is 44.8 Å². The lowest BCUT2D eigenvalue weighted by Gasteiger charge is -2.10. The smallest absolute Gasteiger partial charge is 0.0763 e. The molecule has 1 heterocycles. The number of hydrogen-bond donors (Lipinski definition) is 1. The lowest BCUT2D eigenvalue weighted by molar-refractivity contribution is 0.0820. The monoisotopic (exact) mass is 213 g/mol. The van der Waals surface area contributed by atoms with Crippen LogP contribution in [-0.4, -0.2) is 32.5 Å². The third-order valence-electron chi connectivity index (χ3n) is 2.72. The van der Waals surface area contributed by atoms with Gasteiger partial charge in [0.05, 0.1) is 18.8 Å². The van der Waals surface area contributed by atoms with Gasteiger partial charge in [-0.15, -0.1) is 0 Å². The van der Waals surface area contributed by atoms with E-state index in [1.807, 2.05) is 0 Å². The van der Waals surface area contributed by atoms with E-state index in [-0.39, 0.29) is 0 Å². The second-order valence-corrected chi connectivity index (χ2v) is 4.21. The maximum atomic E-state index is 5.75. The van der Waals surface area contributed by atoms with Crippen LogP contribution in [0.15, 0.2) is 11.6 Å². The van der Waals surface area contributed by atoms with Gasteiger partial charge in [-0.05, 0) is 44.7 Å². The molecular weight excluding hydrogens is 190 g/mol. The Kier molecular flexibility index (Phi) is 5.91. The Balaban J connectivity index is 2.42. The minimum Gasteiger partial charge on any atom is -0.380 e. The van der Waals surface area contributed by atoms with Crippen molar-refractivity contribution >= 4 is 0 Å². The molecule has 0 aromatic carbocycles. The molecule has 0 spiro atoms. The average Bonchev–Trinajstić information content (AvgIpc) is 2.61. The first-order valence-corrected chi connectivity index (χ1v) is 5.80. The molecule has 2 N–H and O–H groups in total. The van der Waals surface area contributed by atoms with Gasteiger partial charge in [-0.3, -0.25) is 0 Å². The highest BCUT2D eigenvalue weighted by atomic mass is 16.5. The largest absolute Gasteiger partial charge is 0.380 e. The molecular formula is C12H23NO2. The highest BCUT2D eigenvalue weighted by molar-refractivity contribution is 5.07. The summed E-state index contributed by atoms with van der Waals surface area (Å²) in [5.74, 6) is 0. The van der Waals surface area contributed by atoms with Crippen LogP contribution in [0.25, 0.3) is 0 Å². The zero-order chi connectivity index (χ0) is 11.1. The molecule has 0 amide bonds. The summed E-state index contributed by atoms with van der Waals surface area (Å²) in [5, 5.41) is 0. The van der Waals surface area contributed by atoms with Gasteiger partial charge in [0.1, 0.15) is 0 Å². The van der Waals surface area contributed by atoms with E-state index in [1.54, 1.807) is 7.11 Å². The summed E-state index contributed by atoms with van der Waals surface area (Å²) in [7, 11) is 1.73. The van der Waals surface area contributed by atoms with Crippen LogP contribution >= 0.6 is 0 Å². The maximum Gasteiger partial charge on any atom is 0.0763 e. The Hall–Kier alpha value is -0.380. The van der Waals surface area contributed by atoms with Gasteiger partial charge >= 0.3 is 0 Å². The van der Waals surface area contributed by atoms with Crippen LogP contribution in [0.4, 0.5) is 0 Å². The minimum absolute atomic E-state index is 0.294. The molecule has 0 bridgehead atoms. The van der Waals surface area contributed by atoms with Crippen molar-refractivity contribution in [3.05, 3.63) is 11.6 Å². The molecule has 0 aromatic heterocycles. The van der Waals surface area contributed by atoms with E-state index in [1.165, 1.54) is 5.57 Å². The molecule has 15 heavy (non-hydrogen) atoms. The van der Waals surface area contributed by atoms with Crippen molar-refractivity contribution in [3.63, 3.8) is 0 Å². The Morgan fingerprint density at radius 1 is 1.53 bits per heavy atom. The third-order valence-corrected chi connectivity index (χ3v) is 2.72. The molecule has 1 aliphatic rings. The summed E-state index contributed by atoms with van der Waals surface area (Å²) in [6.07, 6.45) is 7.28. The summed E-state index contributed by atoms with van der Waals surface area (Å²) in [4.78, 5) is 0. The molecule has 1 saturated heterocycles. The van der Waals surface area contributed by atoms with Gasteiger partial charge in [-0.2, -0.15) is 0 Å². The highest BCUT2D eigenvalue weighted by Gasteiger charge is 2.19. The summed E-state index contributed by atoms with van der Waals surface area (Å²) in [6.45, 7) is 3.57. The van der Waals surface area contributed by atoms with Gasteiger partial charge in [-0.25, -0.2) is 0 Å². The van der Waals surface area contributed by atoms with E-state index >= 15 is 0 Å². The van der Waals surface area contributed by atoms with Gasteiger partial charge in [0.15, 0.2) is 0 Å². The number of nitrogens with two attached hydrogens (primary N) is 1. The Morgan fingerprint density at radius 3 is 2.87 bits per heavy atom. The van der Waals surface area contributed by atoms with Crippen LogP contribution in [0, 0.1) is 0 Å². The van der Waals surface area contributed by atoms with Crippen molar-refractivity contribution in [1.82, 2.24) is 0 Å². The van der Waals surface area contributed by atoms with Crippen LogP contribution in [-0.2, 0) is 9.47 Å². The van der Waals surface area contributed by atoms with Crippen LogP contribution < -0.4 is 5.73 Å². The van der Waals surface area contributed by atoms with E-state index in [2.05, 4.69) is 13.0 Å². The SMILES string of the molecule is COCC(=CC1CCC(C)O1)CCCN. The molecule has 1 aliphatic heterocycles. The van der Waals surface area contributed by atoms with Crippen LogP contribution in [0.1, 0.15) is 32.6 Å². The standard InChI is InChI=1S/C12H23NO2/c1-10-5-6-12(15-10)8-11(9-14-2)4-3-7-13/h8,10,12H,3-7,9,13H2,1-2H3.